The number of nitrogens with zero attached hydrogens (tertiary/aromatic N) is 5. The molecule has 0 bridgehead atoms. The maximum Gasteiger partial charge on any atom is 0.318 e. The molecule has 6 aromatic carbocycles. The first-order chi connectivity index (χ1) is 43.5. The Morgan fingerprint density at radius 1 is 0.500 bits per heavy atom. The van der Waals surface area contributed by atoms with Gasteiger partial charge >= 0.3 is 6.03 Å². The number of furan rings is 2. The Kier molecular flexibility index (Phi) is 17.7. The highest BCUT2D eigenvalue weighted by atomic mass is 19.3. The summed E-state index contributed by atoms with van der Waals surface area (Å²) in [4.78, 5) is 51.4. The average molecular weight is 1220 g/mol. The number of benzene rings is 6. The lowest BCUT2D eigenvalue weighted by Gasteiger charge is -2.31. The molecule has 13 nitrogen and oxygen atoms in total. The molecule has 90 heavy (non-hydrogen) atoms. The van der Waals surface area contributed by atoms with Crippen LogP contribution in [0.2, 0.25) is 0 Å². The molecule has 0 saturated carbocycles. The summed E-state index contributed by atoms with van der Waals surface area (Å²) < 4.78 is 93.8. The van der Waals surface area contributed by atoms with Crippen molar-refractivity contribution in [2.45, 2.75) is 76.5 Å². The maximum absolute atomic E-state index is 13.8. The second-order valence-electron chi connectivity index (χ2n) is 23.0. The summed E-state index contributed by atoms with van der Waals surface area (Å²) in [5.74, 6) is -5.11. The van der Waals surface area contributed by atoms with Crippen LogP contribution in [-0.4, -0.2) is 93.6 Å². The van der Waals surface area contributed by atoms with E-state index in [0.29, 0.717) is 67.1 Å². The monoisotopic (exact) mass is 1220 g/mol. The Hall–Kier alpha value is -9.59. The van der Waals surface area contributed by atoms with E-state index in [4.69, 9.17) is 14.6 Å². The second kappa shape index (κ2) is 26.2. The topological polar surface area (TPSA) is 163 Å². The zero-order valence-corrected chi connectivity index (χ0v) is 49.1. The minimum absolute atomic E-state index is 0.0298. The number of amides is 4. The number of hydrogen-bond acceptors (Lipinski definition) is 9. The number of carbonyl (C=O) groups is 3. The van der Waals surface area contributed by atoms with E-state index in [0.717, 1.165) is 85.3 Å². The fourth-order valence-electron chi connectivity index (χ4n) is 11.8. The number of rotatable bonds is 11. The number of halogens is 6. The van der Waals surface area contributed by atoms with Gasteiger partial charge in [-0.3, -0.25) is 19.6 Å². The van der Waals surface area contributed by atoms with Crippen LogP contribution in [0, 0.1) is 11.6 Å². The lowest BCUT2D eigenvalue weighted by atomic mass is 9.96. The zero-order valence-electron chi connectivity index (χ0n) is 49.1. The molecule has 0 spiro atoms. The third-order valence-electron chi connectivity index (χ3n) is 16.8. The van der Waals surface area contributed by atoms with E-state index < -0.39 is 11.8 Å². The van der Waals surface area contributed by atoms with Crippen LogP contribution >= 0.6 is 0 Å². The summed E-state index contributed by atoms with van der Waals surface area (Å²) >= 11 is 0. The summed E-state index contributed by atoms with van der Waals surface area (Å²) in [6.45, 7) is 4.08. The Morgan fingerprint density at radius 2 is 0.933 bits per heavy atom. The van der Waals surface area contributed by atoms with Gasteiger partial charge in [-0.1, -0.05) is 48.5 Å². The fraction of sp³-hybridized carbons (Fsp3) is 0.254. The molecular weight excluding hydrogens is 1160 g/mol. The van der Waals surface area contributed by atoms with Crippen LogP contribution in [0.1, 0.15) is 80.2 Å². The number of piperidine rings is 2. The second-order valence-corrected chi connectivity index (χ2v) is 23.0. The third-order valence-corrected chi connectivity index (χ3v) is 16.8. The number of fused-ring (bicyclic) bond motifs is 4. The first-order valence-corrected chi connectivity index (χ1v) is 30.0. The van der Waals surface area contributed by atoms with Gasteiger partial charge in [0.15, 0.2) is 0 Å². The van der Waals surface area contributed by atoms with Gasteiger partial charge in [-0.2, -0.15) is 0 Å². The first kappa shape index (κ1) is 60.7. The van der Waals surface area contributed by atoms with E-state index in [1.807, 2.05) is 79.1 Å². The highest BCUT2D eigenvalue weighted by molar-refractivity contribution is 6.00. The van der Waals surface area contributed by atoms with Crippen LogP contribution in [-0.2, 0) is 39.0 Å². The third kappa shape index (κ3) is 14.0. The molecular formula is C71H64F6N8O5. The predicted molar refractivity (Wildman–Crippen MR) is 332 cm³/mol. The molecule has 0 radical (unpaired) electrons. The highest BCUT2D eigenvalue weighted by Crippen LogP contribution is 2.39. The maximum atomic E-state index is 13.8. The molecule has 10 aromatic rings. The van der Waals surface area contributed by atoms with Crippen molar-refractivity contribution in [1.29, 1.82) is 0 Å². The lowest BCUT2D eigenvalue weighted by molar-refractivity contribution is -0.0503. The predicted octanol–water partition coefficient (Wildman–Crippen LogP) is 14.4. The molecule has 0 unspecified atom stereocenters. The molecule has 8 heterocycles. The van der Waals surface area contributed by atoms with Gasteiger partial charge in [0.2, 0.25) is 0 Å². The average Bonchev–Trinajstić information content (AvgIpc) is 1.60. The van der Waals surface area contributed by atoms with Crippen molar-refractivity contribution in [3.63, 3.8) is 0 Å². The summed E-state index contributed by atoms with van der Waals surface area (Å²) in [6, 6.07) is 42.4. The largest absolute Gasteiger partial charge is 0.460 e. The van der Waals surface area contributed by atoms with E-state index in [1.165, 1.54) is 45.2 Å². The van der Waals surface area contributed by atoms with Crippen molar-refractivity contribution < 1.29 is 49.6 Å². The van der Waals surface area contributed by atoms with Crippen LogP contribution in [0.5, 0.6) is 0 Å². The van der Waals surface area contributed by atoms with Gasteiger partial charge in [0.05, 0.1) is 0 Å². The van der Waals surface area contributed by atoms with Gasteiger partial charge < -0.3 is 39.9 Å². The molecule has 460 valence electrons. The van der Waals surface area contributed by atoms with Crippen molar-refractivity contribution in [1.82, 2.24) is 35.3 Å². The number of aromatic nitrogens is 2. The number of pyridine rings is 2. The van der Waals surface area contributed by atoms with Crippen molar-refractivity contribution in [3.05, 3.63) is 227 Å². The van der Waals surface area contributed by atoms with Gasteiger partial charge in [-0.05, 0) is 159 Å². The summed E-state index contributed by atoms with van der Waals surface area (Å²) in [5, 5.41) is 7.97. The number of nitrogens with two attached hydrogens (primary N) is 1. The van der Waals surface area contributed by atoms with Crippen LogP contribution in [0.3, 0.4) is 0 Å². The van der Waals surface area contributed by atoms with Crippen LogP contribution in [0.25, 0.3) is 66.4 Å². The lowest BCUT2D eigenvalue weighted by Crippen LogP contribution is -2.42. The molecule has 0 atom stereocenters. The Labute approximate surface area is 515 Å². The number of likely N-dealkylation sites (tertiary alicyclic amines) is 2. The molecule has 14 rings (SSSR count). The van der Waals surface area contributed by atoms with Crippen LogP contribution in [0.4, 0.5) is 31.1 Å². The van der Waals surface area contributed by atoms with Gasteiger partial charge in [0, 0.05) is 155 Å². The van der Waals surface area contributed by atoms with Gasteiger partial charge in [0.25, 0.3) is 23.7 Å². The fourth-order valence-corrected chi connectivity index (χ4v) is 11.8. The Morgan fingerprint density at radius 3 is 1.40 bits per heavy atom. The number of carbonyl (C=O) groups excluding carboxylic acids is 3. The molecule has 4 aromatic heterocycles. The summed E-state index contributed by atoms with van der Waals surface area (Å²) in [7, 11) is 0. The molecule has 19 heteroatoms. The highest BCUT2D eigenvalue weighted by Gasteiger charge is 2.37. The molecule has 4 aliphatic rings. The molecule has 4 aliphatic heterocycles. The standard InChI is InChI=1S/C36H31F3N4O3.C28H25F3N2O2.C7H8N2/c37-30-7-5-24(6-8-30)32-19-27(23-1-3-25(4-2-23)34(44)42-15-11-36(38,39)12-16-42)17-28-18-31(46-33(28)32)10-14-41-35(45)43-21-26-9-13-40-20-29(26)22-43;29-23-7-5-19(6-8-23)25-17-21(15-22-16-24(9-12-32)35-26(22)25)18-1-3-20(4-2-18)27(34)33-13-10-28(30,31)11-14-33;1-2-8-4-7-5-9-3-6(1)7/h1-9,13,17-20H,10-12,14-16,21-22H2,(H,41,45);1-8,15-17H,9-14,32H2;1-2,4,9H,3,5H2. The van der Waals surface area contributed by atoms with Crippen LogP contribution in [0.15, 0.2) is 179 Å². The number of nitrogens with one attached hydrogen (secondary N) is 2. The number of urea groups is 1. The molecule has 2 saturated heterocycles. The normalized spacial score (nSPS) is 15.6. The Bertz CT molecular complexity index is 4160. The smallest absolute Gasteiger partial charge is 0.318 e. The molecule has 4 amide bonds. The van der Waals surface area contributed by atoms with E-state index in [-0.39, 0.29) is 81.3 Å². The van der Waals surface area contributed by atoms with Crippen molar-refractivity contribution in [3.8, 4) is 44.5 Å². The molecule has 0 aliphatic carbocycles. The SMILES string of the molecule is NCCc1cc2cc(-c3ccc(C(=O)N4CCC(F)(F)CC4)cc3)cc(-c3ccc(F)cc3)c2o1.O=C(NCCc1cc2cc(-c3ccc(C(=O)N4CCC(F)(F)CC4)cc3)cc(-c3ccc(F)cc3)c2o1)N1Cc2ccncc2C1.c1cc2c(cn1)CNC2. The minimum Gasteiger partial charge on any atom is -0.460 e. The van der Waals surface area contributed by atoms with E-state index in [2.05, 4.69) is 26.7 Å². The minimum atomic E-state index is -2.72. The zero-order chi connectivity index (χ0) is 62.5. The van der Waals surface area contributed by atoms with Gasteiger partial charge in [0.1, 0.15) is 34.3 Å². The van der Waals surface area contributed by atoms with Crippen molar-refractivity contribution >= 4 is 39.8 Å². The first-order valence-electron chi connectivity index (χ1n) is 30.0. The number of hydrogen-bond donors (Lipinski definition) is 3. The van der Waals surface area contributed by atoms with E-state index in [1.54, 1.807) is 65.8 Å². The number of alkyl halides is 4. The molecule has 4 N–H and O–H groups in total. The quantitative estimate of drug-likeness (QED) is 0.107. The van der Waals surface area contributed by atoms with Crippen LogP contribution < -0.4 is 16.4 Å². The Balaban J connectivity index is 0.000000157. The van der Waals surface area contributed by atoms with Gasteiger partial charge in [-0.15, -0.1) is 0 Å². The van der Waals surface area contributed by atoms with E-state index >= 15 is 0 Å². The van der Waals surface area contributed by atoms with Crippen molar-refractivity contribution in [2.75, 3.05) is 39.3 Å². The molecule has 2 fully saturated rings. The van der Waals surface area contributed by atoms with E-state index in [9.17, 15) is 40.7 Å². The summed E-state index contributed by atoms with van der Waals surface area (Å²) in [5.41, 5.74) is 19.6. The van der Waals surface area contributed by atoms with Crippen molar-refractivity contribution in [2.24, 2.45) is 5.73 Å². The summed E-state index contributed by atoms with van der Waals surface area (Å²) in [6.07, 6.45) is 7.10. The van der Waals surface area contributed by atoms with Gasteiger partial charge in [-0.25, -0.2) is 31.1 Å².